The van der Waals surface area contributed by atoms with Crippen LogP contribution in [0.2, 0.25) is 0 Å². The van der Waals surface area contributed by atoms with Crippen LogP contribution in [0, 0.1) is 0 Å². The fourth-order valence-corrected chi connectivity index (χ4v) is 3.60. The summed E-state index contributed by atoms with van der Waals surface area (Å²) in [6.07, 6.45) is 5.66. The highest BCUT2D eigenvalue weighted by Gasteiger charge is 2.19. The Balaban J connectivity index is 2.02. The number of fused-ring (bicyclic) bond motifs is 1. The molecule has 0 aromatic carbocycles. The summed E-state index contributed by atoms with van der Waals surface area (Å²) in [4.78, 5) is 16.4. The summed E-state index contributed by atoms with van der Waals surface area (Å²) < 4.78 is 0. The van der Waals surface area contributed by atoms with Crippen LogP contribution in [0.4, 0.5) is 0 Å². The number of nitrogens with zero attached hydrogens (tertiary/aromatic N) is 1. The highest BCUT2D eigenvalue weighted by atomic mass is 35.5. The minimum absolute atomic E-state index is 0.122. The van der Waals surface area contributed by atoms with E-state index in [-0.39, 0.29) is 11.3 Å². The summed E-state index contributed by atoms with van der Waals surface area (Å²) in [6, 6.07) is 2.10. The smallest absolute Gasteiger partial charge is 0.263 e. The average molecular weight is 286 g/mol. The van der Waals surface area contributed by atoms with E-state index >= 15 is 0 Å². The maximum atomic E-state index is 12.3. The monoisotopic (exact) mass is 285 g/mol. The molecule has 0 N–H and O–H groups in total. The third kappa shape index (κ3) is 3.27. The van der Waals surface area contributed by atoms with Gasteiger partial charge in [0, 0.05) is 23.8 Å². The van der Waals surface area contributed by atoms with Crippen molar-refractivity contribution in [3.8, 4) is 0 Å². The van der Waals surface area contributed by atoms with Crippen molar-refractivity contribution in [2.75, 3.05) is 13.6 Å². The Morgan fingerprint density at radius 3 is 2.89 bits per heavy atom. The van der Waals surface area contributed by atoms with E-state index in [0.717, 1.165) is 30.7 Å². The van der Waals surface area contributed by atoms with E-state index in [4.69, 9.17) is 11.6 Å². The molecule has 1 atom stereocenters. The molecule has 100 valence electrons. The van der Waals surface area contributed by atoms with Crippen LogP contribution >= 0.6 is 22.9 Å². The molecule has 0 fully saturated rings. The van der Waals surface area contributed by atoms with E-state index in [2.05, 4.69) is 6.07 Å². The highest BCUT2D eigenvalue weighted by Crippen LogP contribution is 2.30. The number of thiophene rings is 1. The zero-order chi connectivity index (χ0) is 13.1. The molecule has 1 aromatic rings. The lowest BCUT2D eigenvalue weighted by atomic mass is 9.99. The maximum absolute atomic E-state index is 12.3. The number of rotatable bonds is 4. The van der Waals surface area contributed by atoms with E-state index in [1.807, 2.05) is 14.0 Å². The van der Waals surface area contributed by atoms with E-state index in [1.54, 1.807) is 16.2 Å². The second-order valence-electron chi connectivity index (χ2n) is 5.06. The van der Waals surface area contributed by atoms with Crippen molar-refractivity contribution in [2.24, 2.45) is 0 Å². The summed E-state index contributed by atoms with van der Waals surface area (Å²) in [5.41, 5.74) is 1.40. The van der Waals surface area contributed by atoms with Crippen molar-refractivity contribution >= 4 is 28.8 Å². The number of carbonyl (C=O) groups is 1. The van der Waals surface area contributed by atoms with Gasteiger partial charge in [-0.05, 0) is 50.7 Å². The number of hydrogen-bond acceptors (Lipinski definition) is 2. The molecule has 0 aliphatic heterocycles. The maximum Gasteiger partial charge on any atom is 0.263 e. The fourth-order valence-electron chi connectivity index (χ4n) is 2.26. The summed E-state index contributed by atoms with van der Waals surface area (Å²) in [6.45, 7) is 2.69. The first-order chi connectivity index (χ1) is 8.58. The second-order valence-corrected chi connectivity index (χ2v) is 6.94. The lowest BCUT2D eigenvalue weighted by molar-refractivity contribution is 0.0798. The first kappa shape index (κ1) is 13.9. The quantitative estimate of drug-likeness (QED) is 0.772. The zero-order valence-electron chi connectivity index (χ0n) is 11.0. The lowest BCUT2D eigenvalue weighted by Gasteiger charge is -2.16. The number of hydrogen-bond donors (Lipinski definition) is 0. The minimum Gasteiger partial charge on any atom is -0.341 e. The molecular formula is C14H20ClNOS. The van der Waals surface area contributed by atoms with Crippen molar-refractivity contribution < 1.29 is 4.79 Å². The van der Waals surface area contributed by atoms with Gasteiger partial charge in [-0.25, -0.2) is 0 Å². The first-order valence-corrected chi connectivity index (χ1v) is 7.84. The van der Waals surface area contributed by atoms with Crippen LogP contribution in [0.1, 0.15) is 46.3 Å². The topological polar surface area (TPSA) is 20.3 Å². The average Bonchev–Trinajstić information content (AvgIpc) is 2.78. The molecule has 2 rings (SSSR count). The van der Waals surface area contributed by atoms with Gasteiger partial charge in [-0.1, -0.05) is 0 Å². The molecule has 18 heavy (non-hydrogen) atoms. The summed E-state index contributed by atoms with van der Waals surface area (Å²) in [5.74, 6) is 0.145. The number of aryl methyl sites for hydroxylation is 2. The standard InChI is InChI=1S/C14H20ClNOS/c1-10(15)7-8-16(2)14(17)13-9-11-5-3-4-6-12(11)18-13/h9-10H,3-8H2,1-2H3. The van der Waals surface area contributed by atoms with Crippen molar-refractivity contribution in [3.63, 3.8) is 0 Å². The van der Waals surface area contributed by atoms with Gasteiger partial charge < -0.3 is 4.90 Å². The first-order valence-electron chi connectivity index (χ1n) is 6.59. The molecule has 0 spiro atoms. The summed E-state index contributed by atoms with van der Waals surface area (Å²) in [7, 11) is 1.86. The molecule has 1 aliphatic rings. The SMILES string of the molecule is CC(Cl)CCN(C)C(=O)c1cc2c(s1)CCCC2. The Kier molecular flexibility index (Phi) is 4.68. The Hall–Kier alpha value is -0.540. The predicted molar refractivity (Wildman–Crippen MR) is 77.9 cm³/mol. The van der Waals surface area contributed by atoms with Gasteiger partial charge in [-0.3, -0.25) is 4.79 Å². The Bertz CT molecular complexity index is 404. The molecule has 1 unspecified atom stereocenters. The fraction of sp³-hybridized carbons (Fsp3) is 0.643. The van der Waals surface area contributed by atoms with Gasteiger partial charge in [0.2, 0.25) is 0 Å². The van der Waals surface area contributed by atoms with Gasteiger partial charge in [0.05, 0.1) is 4.88 Å². The Morgan fingerprint density at radius 2 is 2.22 bits per heavy atom. The van der Waals surface area contributed by atoms with E-state index in [1.165, 1.54) is 23.3 Å². The van der Waals surface area contributed by atoms with Crippen LogP contribution in [0.5, 0.6) is 0 Å². The number of carbonyl (C=O) groups excluding carboxylic acids is 1. The van der Waals surface area contributed by atoms with Crippen molar-refractivity contribution in [1.82, 2.24) is 4.90 Å². The third-order valence-electron chi connectivity index (χ3n) is 3.42. The molecule has 1 aromatic heterocycles. The number of alkyl halides is 1. The van der Waals surface area contributed by atoms with Gasteiger partial charge in [-0.15, -0.1) is 22.9 Å². The summed E-state index contributed by atoms with van der Waals surface area (Å²) >= 11 is 7.60. The van der Waals surface area contributed by atoms with E-state index < -0.39 is 0 Å². The van der Waals surface area contributed by atoms with Gasteiger partial charge in [-0.2, -0.15) is 0 Å². The molecule has 1 heterocycles. The largest absolute Gasteiger partial charge is 0.341 e. The normalized spacial score (nSPS) is 16.2. The molecular weight excluding hydrogens is 266 g/mol. The van der Waals surface area contributed by atoms with Crippen molar-refractivity contribution in [2.45, 2.75) is 44.4 Å². The predicted octanol–water partition coefficient (Wildman–Crippen LogP) is 3.72. The van der Waals surface area contributed by atoms with Crippen molar-refractivity contribution in [3.05, 3.63) is 21.4 Å². The van der Waals surface area contributed by atoms with Crippen LogP contribution in [-0.2, 0) is 12.8 Å². The highest BCUT2D eigenvalue weighted by molar-refractivity contribution is 7.14. The van der Waals surface area contributed by atoms with Crippen LogP contribution in [0.15, 0.2) is 6.07 Å². The van der Waals surface area contributed by atoms with Gasteiger partial charge in [0.15, 0.2) is 0 Å². The zero-order valence-corrected chi connectivity index (χ0v) is 12.6. The van der Waals surface area contributed by atoms with Crippen molar-refractivity contribution in [1.29, 1.82) is 0 Å². The molecule has 1 amide bonds. The molecule has 1 aliphatic carbocycles. The molecule has 0 saturated carbocycles. The molecule has 4 heteroatoms. The minimum atomic E-state index is 0.122. The van der Waals surface area contributed by atoms with E-state index in [0.29, 0.717) is 0 Å². The second kappa shape index (κ2) is 6.07. The van der Waals surface area contributed by atoms with Crippen LogP contribution in [0.25, 0.3) is 0 Å². The molecule has 2 nitrogen and oxygen atoms in total. The molecule has 0 radical (unpaired) electrons. The molecule has 0 saturated heterocycles. The van der Waals surface area contributed by atoms with Crippen LogP contribution in [0.3, 0.4) is 0 Å². The number of amides is 1. The number of halogens is 1. The van der Waals surface area contributed by atoms with E-state index in [9.17, 15) is 4.79 Å². The third-order valence-corrected chi connectivity index (χ3v) is 4.86. The van der Waals surface area contributed by atoms with Crippen LogP contribution < -0.4 is 0 Å². The van der Waals surface area contributed by atoms with Gasteiger partial charge in [0.25, 0.3) is 5.91 Å². The van der Waals surface area contributed by atoms with Crippen LogP contribution in [-0.4, -0.2) is 29.8 Å². The Morgan fingerprint density at radius 1 is 1.50 bits per heavy atom. The lowest BCUT2D eigenvalue weighted by Crippen LogP contribution is -2.28. The molecule has 0 bridgehead atoms. The summed E-state index contributed by atoms with van der Waals surface area (Å²) in [5, 5.41) is 0.122. The van der Waals surface area contributed by atoms with Gasteiger partial charge in [0.1, 0.15) is 0 Å². The van der Waals surface area contributed by atoms with Gasteiger partial charge >= 0.3 is 0 Å². The Labute approximate surface area is 118 Å².